The summed E-state index contributed by atoms with van der Waals surface area (Å²) in [4.78, 5) is -0.0575. The van der Waals surface area contributed by atoms with Gasteiger partial charge in [-0.15, -0.1) is 0 Å². The largest absolute Gasteiger partial charge is 0.497 e. The molecule has 0 radical (unpaired) electrons. The van der Waals surface area contributed by atoms with E-state index in [1.54, 1.807) is 30.3 Å². The average molecular weight is 493 g/mol. The van der Waals surface area contributed by atoms with E-state index in [2.05, 4.69) is 9.44 Å². The van der Waals surface area contributed by atoms with Gasteiger partial charge in [-0.05, 0) is 36.4 Å². The van der Waals surface area contributed by atoms with Crippen LogP contribution < -0.4 is 14.2 Å². The molecule has 8 nitrogen and oxygen atoms in total. The molecule has 1 heterocycles. The molecule has 4 rings (SSSR count). The van der Waals surface area contributed by atoms with Crippen LogP contribution in [0.5, 0.6) is 5.75 Å². The van der Waals surface area contributed by atoms with E-state index in [9.17, 15) is 16.8 Å². The molecule has 1 aromatic heterocycles. The van der Waals surface area contributed by atoms with Crippen LogP contribution in [0.3, 0.4) is 0 Å². The van der Waals surface area contributed by atoms with Gasteiger partial charge in [0.2, 0.25) is 5.09 Å². The highest BCUT2D eigenvalue weighted by molar-refractivity contribution is 7.93. The normalized spacial score (nSPS) is 11.9. The fraction of sp³-hybridized carbons (Fsp3) is 0.0476. The number of para-hydroxylation sites is 1. The lowest BCUT2D eigenvalue weighted by molar-refractivity contribution is 0.413. The van der Waals surface area contributed by atoms with E-state index in [0.29, 0.717) is 16.7 Å². The monoisotopic (exact) mass is 492 g/mol. The van der Waals surface area contributed by atoms with Crippen molar-refractivity contribution in [1.29, 1.82) is 0 Å². The Morgan fingerprint density at radius 1 is 0.812 bits per heavy atom. The lowest BCUT2D eigenvalue weighted by atomic mass is 10.3. The number of anilines is 2. The highest BCUT2D eigenvalue weighted by atomic mass is 35.5. The molecule has 0 aliphatic rings. The Morgan fingerprint density at radius 3 is 2.31 bits per heavy atom. The Hall–Kier alpha value is -3.21. The molecule has 0 spiro atoms. The van der Waals surface area contributed by atoms with Gasteiger partial charge in [-0.2, -0.15) is 8.42 Å². The first-order valence-electron chi connectivity index (χ1n) is 9.16. The van der Waals surface area contributed by atoms with Crippen LogP contribution in [-0.4, -0.2) is 23.9 Å². The van der Waals surface area contributed by atoms with E-state index in [1.807, 2.05) is 0 Å². The molecule has 0 bridgehead atoms. The summed E-state index contributed by atoms with van der Waals surface area (Å²) in [5.74, 6) is 0.356. The lowest BCUT2D eigenvalue weighted by Gasteiger charge is -2.14. The molecule has 0 aliphatic heterocycles. The second-order valence-corrected chi connectivity index (χ2v) is 10.4. The second-order valence-electron chi connectivity index (χ2n) is 6.68. The molecule has 0 saturated heterocycles. The van der Waals surface area contributed by atoms with E-state index in [4.69, 9.17) is 20.8 Å². The van der Waals surface area contributed by atoms with Crippen molar-refractivity contribution in [3.05, 3.63) is 77.8 Å². The van der Waals surface area contributed by atoms with Crippen LogP contribution in [0.4, 0.5) is 11.4 Å². The molecular weight excluding hydrogens is 476 g/mol. The zero-order valence-electron chi connectivity index (χ0n) is 16.6. The van der Waals surface area contributed by atoms with Crippen molar-refractivity contribution in [2.45, 2.75) is 9.99 Å². The minimum Gasteiger partial charge on any atom is -0.497 e. The van der Waals surface area contributed by atoms with Crippen molar-refractivity contribution in [3.8, 4) is 5.75 Å². The number of rotatable bonds is 7. The third-order valence-electron chi connectivity index (χ3n) is 4.49. The van der Waals surface area contributed by atoms with Gasteiger partial charge in [0.15, 0.2) is 0 Å². The number of hydrogen-bond acceptors (Lipinski definition) is 6. The van der Waals surface area contributed by atoms with Gasteiger partial charge in [-0.25, -0.2) is 8.42 Å². The van der Waals surface area contributed by atoms with E-state index < -0.39 is 20.0 Å². The number of ether oxygens (including phenoxy) is 1. The number of hydrogen-bond donors (Lipinski definition) is 2. The maximum atomic E-state index is 12.9. The van der Waals surface area contributed by atoms with Crippen LogP contribution in [0, 0.1) is 0 Å². The van der Waals surface area contributed by atoms with Crippen molar-refractivity contribution in [3.63, 3.8) is 0 Å². The maximum absolute atomic E-state index is 12.9. The van der Waals surface area contributed by atoms with Crippen molar-refractivity contribution in [2.24, 2.45) is 0 Å². The van der Waals surface area contributed by atoms with Crippen LogP contribution >= 0.6 is 11.6 Å². The fourth-order valence-corrected chi connectivity index (χ4v) is 5.27. The summed E-state index contributed by atoms with van der Waals surface area (Å²) in [5, 5.41) is 0.495. The predicted octanol–water partition coefficient (Wildman–Crippen LogP) is 4.70. The van der Waals surface area contributed by atoms with E-state index in [-0.39, 0.29) is 26.4 Å². The molecule has 0 fully saturated rings. The van der Waals surface area contributed by atoms with Gasteiger partial charge < -0.3 is 9.15 Å². The van der Waals surface area contributed by atoms with Crippen LogP contribution in [0.25, 0.3) is 11.0 Å². The van der Waals surface area contributed by atoms with E-state index in [1.165, 1.54) is 49.6 Å². The Bertz CT molecular complexity index is 1480. The van der Waals surface area contributed by atoms with Crippen LogP contribution in [-0.2, 0) is 20.0 Å². The molecule has 0 atom stereocenters. The third kappa shape index (κ3) is 4.52. The first-order chi connectivity index (χ1) is 15.2. The highest BCUT2D eigenvalue weighted by Crippen LogP contribution is 2.32. The summed E-state index contributed by atoms with van der Waals surface area (Å²) >= 11 is 6.03. The molecule has 32 heavy (non-hydrogen) atoms. The summed E-state index contributed by atoms with van der Waals surface area (Å²) in [5.41, 5.74) is 0.319. The molecule has 0 saturated carbocycles. The van der Waals surface area contributed by atoms with E-state index >= 15 is 0 Å². The fourth-order valence-electron chi connectivity index (χ4n) is 2.95. The summed E-state index contributed by atoms with van der Waals surface area (Å²) < 4.78 is 66.8. The Labute approximate surface area is 189 Å². The van der Waals surface area contributed by atoms with Crippen molar-refractivity contribution in [2.75, 3.05) is 16.6 Å². The number of furan rings is 1. The number of fused-ring (bicyclic) bond motifs is 1. The topological polar surface area (TPSA) is 115 Å². The smallest absolute Gasteiger partial charge is 0.295 e. The minimum atomic E-state index is -4.18. The zero-order valence-corrected chi connectivity index (χ0v) is 19.0. The molecular formula is C21H17ClN2O6S2. The van der Waals surface area contributed by atoms with E-state index in [0.717, 1.165) is 0 Å². The first kappa shape index (κ1) is 22.0. The number of sulfonamides is 2. The Balaban J connectivity index is 1.69. The van der Waals surface area contributed by atoms with Gasteiger partial charge >= 0.3 is 0 Å². The molecule has 11 heteroatoms. The van der Waals surface area contributed by atoms with Crippen molar-refractivity contribution < 1.29 is 26.0 Å². The number of methoxy groups -OCH3 is 1. The summed E-state index contributed by atoms with van der Waals surface area (Å²) in [6.07, 6.45) is 0. The van der Waals surface area contributed by atoms with Gasteiger partial charge in [-0.1, -0.05) is 35.9 Å². The zero-order chi connectivity index (χ0) is 22.9. The number of halogens is 1. The minimum absolute atomic E-state index is 0.0168. The lowest BCUT2D eigenvalue weighted by Crippen LogP contribution is -2.17. The second kappa shape index (κ2) is 8.38. The number of nitrogens with one attached hydrogen (secondary N) is 2. The molecule has 0 amide bonds. The summed E-state index contributed by atoms with van der Waals surface area (Å²) in [7, 11) is -6.81. The number of benzene rings is 3. The standard InChI is InChI=1S/C21H17ClN2O6S2/c1-29-16-6-4-7-17(13-16)31(25,26)23-18-10-9-15(22)12-19(18)24-32(27,28)21-11-14-5-2-3-8-20(14)30-21/h2-13,23-24H,1H3. The van der Waals surface area contributed by atoms with Gasteiger partial charge in [0.1, 0.15) is 11.3 Å². The summed E-state index contributed by atoms with van der Waals surface area (Å²) in [6.45, 7) is 0. The van der Waals surface area contributed by atoms with Crippen molar-refractivity contribution in [1.82, 2.24) is 0 Å². The predicted molar refractivity (Wildman–Crippen MR) is 122 cm³/mol. The van der Waals surface area contributed by atoms with Gasteiger partial charge in [0, 0.05) is 22.5 Å². The van der Waals surface area contributed by atoms with Crippen LogP contribution in [0.2, 0.25) is 5.02 Å². The van der Waals surface area contributed by atoms with Crippen molar-refractivity contribution >= 4 is 54.0 Å². The Morgan fingerprint density at radius 2 is 1.56 bits per heavy atom. The summed E-state index contributed by atoms with van der Waals surface area (Å²) in [6, 6.07) is 18.2. The first-order valence-corrected chi connectivity index (χ1v) is 12.5. The Kier molecular flexibility index (Phi) is 5.76. The quantitative estimate of drug-likeness (QED) is 0.386. The molecule has 0 aliphatic carbocycles. The molecule has 166 valence electrons. The molecule has 0 unspecified atom stereocenters. The van der Waals surface area contributed by atoms with Crippen LogP contribution in [0.15, 0.2) is 87.2 Å². The molecule has 2 N–H and O–H groups in total. The van der Waals surface area contributed by atoms with Crippen LogP contribution in [0.1, 0.15) is 0 Å². The average Bonchev–Trinajstić information content (AvgIpc) is 3.21. The third-order valence-corrected chi connectivity index (χ3v) is 7.31. The molecule has 3 aromatic carbocycles. The van der Waals surface area contributed by atoms with Gasteiger partial charge in [0.25, 0.3) is 20.0 Å². The maximum Gasteiger partial charge on any atom is 0.295 e. The molecule has 4 aromatic rings. The highest BCUT2D eigenvalue weighted by Gasteiger charge is 2.23. The SMILES string of the molecule is COc1cccc(S(=O)(=O)Nc2ccc(Cl)cc2NS(=O)(=O)c2cc3ccccc3o2)c1. The van der Waals surface area contributed by atoms with Gasteiger partial charge in [-0.3, -0.25) is 9.44 Å². The van der Waals surface area contributed by atoms with Gasteiger partial charge in [0.05, 0.1) is 23.4 Å².